The van der Waals surface area contributed by atoms with Crippen molar-refractivity contribution in [3.63, 3.8) is 0 Å². The van der Waals surface area contributed by atoms with Crippen LogP contribution < -0.4 is 0 Å². The highest BCUT2D eigenvalue weighted by atomic mass is 32.2. The van der Waals surface area contributed by atoms with E-state index in [2.05, 4.69) is 49.3 Å². The van der Waals surface area contributed by atoms with Crippen molar-refractivity contribution in [2.24, 2.45) is 0 Å². The smallest absolute Gasteiger partial charge is 0.160 e. The van der Waals surface area contributed by atoms with E-state index in [1.54, 1.807) is 0 Å². The van der Waals surface area contributed by atoms with Gasteiger partial charge in [0.1, 0.15) is 5.75 Å². The van der Waals surface area contributed by atoms with Crippen LogP contribution >= 0.6 is 0 Å². The Morgan fingerprint density at radius 1 is 1.05 bits per heavy atom. The number of benzene rings is 2. The molecule has 2 aromatic rings. The van der Waals surface area contributed by atoms with E-state index in [4.69, 9.17) is 0 Å². The Labute approximate surface area is 135 Å². The zero-order chi connectivity index (χ0) is 15.5. The van der Waals surface area contributed by atoms with Crippen molar-refractivity contribution < 1.29 is 4.55 Å². The molecule has 2 aromatic carbocycles. The molecule has 1 heterocycles. The molecule has 22 heavy (non-hydrogen) atoms. The van der Waals surface area contributed by atoms with Crippen LogP contribution in [0.2, 0.25) is 0 Å². The van der Waals surface area contributed by atoms with Crippen molar-refractivity contribution in [3.05, 3.63) is 71.3 Å². The predicted octanol–water partition coefficient (Wildman–Crippen LogP) is 3.69. The van der Waals surface area contributed by atoms with Gasteiger partial charge in [-0.1, -0.05) is 42.5 Å². The molecular weight excluding hydrogens is 290 g/mol. The number of hydrogen-bond donors (Lipinski definition) is 0. The van der Waals surface area contributed by atoms with Crippen LogP contribution in [0.25, 0.3) is 5.57 Å². The summed E-state index contributed by atoms with van der Waals surface area (Å²) in [6.45, 7) is 1.01. The molecule has 0 saturated carbocycles. The summed E-state index contributed by atoms with van der Waals surface area (Å²) < 4.78 is 12.7. The molecule has 2 nitrogen and oxygen atoms in total. The molecule has 0 radical (unpaired) electrons. The molecule has 3 rings (SSSR count). The summed E-state index contributed by atoms with van der Waals surface area (Å²) >= 11 is -0.980. The number of hydrogen-bond acceptors (Lipinski definition) is 2. The molecule has 114 valence electrons. The SMILES string of the molecule is CN(C)CC/C=C1/c2ccccc2C[S+]([O-])c2ccccc21. The van der Waals surface area contributed by atoms with E-state index < -0.39 is 11.2 Å². The molecule has 0 bridgehead atoms. The fourth-order valence-electron chi connectivity index (χ4n) is 2.85. The monoisotopic (exact) mass is 311 g/mol. The molecule has 1 unspecified atom stereocenters. The second kappa shape index (κ2) is 6.69. The predicted molar refractivity (Wildman–Crippen MR) is 93.2 cm³/mol. The van der Waals surface area contributed by atoms with Gasteiger partial charge in [0.25, 0.3) is 0 Å². The maximum atomic E-state index is 12.7. The zero-order valence-corrected chi connectivity index (χ0v) is 13.9. The molecule has 0 N–H and O–H groups in total. The van der Waals surface area contributed by atoms with Crippen molar-refractivity contribution in [1.29, 1.82) is 0 Å². The first-order valence-electron chi connectivity index (χ1n) is 7.58. The molecule has 0 saturated heterocycles. The van der Waals surface area contributed by atoms with Gasteiger partial charge < -0.3 is 9.45 Å². The fourth-order valence-corrected chi connectivity index (χ4v) is 4.19. The van der Waals surface area contributed by atoms with Gasteiger partial charge in [0.15, 0.2) is 4.90 Å². The van der Waals surface area contributed by atoms with Crippen LogP contribution in [0.15, 0.2) is 59.5 Å². The third kappa shape index (κ3) is 3.12. The van der Waals surface area contributed by atoms with E-state index in [1.807, 2.05) is 24.3 Å². The Balaban J connectivity index is 2.11. The number of fused-ring (bicyclic) bond motifs is 2. The summed E-state index contributed by atoms with van der Waals surface area (Å²) in [4.78, 5) is 3.14. The highest BCUT2D eigenvalue weighted by Gasteiger charge is 2.26. The molecule has 1 aliphatic heterocycles. The highest BCUT2D eigenvalue weighted by molar-refractivity contribution is 7.90. The second-order valence-electron chi connectivity index (χ2n) is 5.85. The van der Waals surface area contributed by atoms with Crippen LogP contribution in [0.5, 0.6) is 0 Å². The van der Waals surface area contributed by atoms with E-state index in [-0.39, 0.29) is 0 Å². The molecular formula is C19H21NOS. The first-order valence-corrected chi connectivity index (χ1v) is 8.89. The van der Waals surface area contributed by atoms with Gasteiger partial charge in [-0.2, -0.15) is 0 Å². The first kappa shape index (κ1) is 15.3. The lowest BCUT2D eigenvalue weighted by Gasteiger charge is -2.12. The van der Waals surface area contributed by atoms with Gasteiger partial charge in [0, 0.05) is 17.7 Å². The lowest BCUT2D eigenvalue weighted by Crippen LogP contribution is -2.12. The van der Waals surface area contributed by atoms with Crippen molar-refractivity contribution >= 4 is 16.7 Å². The molecule has 3 heteroatoms. The maximum Gasteiger partial charge on any atom is 0.160 e. The lowest BCUT2D eigenvalue weighted by molar-refractivity contribution is 0.417. The topological polar surface area (TPSA) is 26.3 Å². The number of rotatable bonds is 3. The Morgan fingerprint density at radius 3 is 2.50 bits per heavy atom. The summed E-state index contributed by atoms with van der Waals surface area (Å²) in [5, 5.41) is 0. The van der Waals surface area contributed by atoms with E-state index in [9.17, 15) is 4.55 Å². The average Bonchev–Trinajstić information content (AvgIpc) is 2.63. The standard InChI is InChI=1S/C19H21NOS/c1-20(2)13-7-11-17-16-9-4-3-8-15(16)14-22(21)19-12-6-5-10-18(17)19/h3-6,8-12H,7,13-14H2,1-2H3/b17-11-. The maximum absolute atomic E-state index is 12.7. The second-order valence-corrected chi connectivity index (χ2v) is 7.27. The van der Waals surface area contributed by atoms with Gasteiger partial charge in [-0.25, -0.2) is 0 Å². The van der Waals surface area contributed by atoms with E-state index in [0.29, 0.717) is 5.75 Å². The summed E-state index contributed by atoms with van der Waals surface area (Å²) in [7, 11) is 4.17. The number of nitrogens with zero attached hydrogens (tertiary/aromatic N) is 1. The van der Waals surface area contributed by atoms with Gasteiger partial charge in [0.05, 0.1) is 0 Å². The van der Waals surface area contributed by atoms with Crippen LogP contribution in [0.4, 0.5) is 0 Å². The summed E-state index contributed by atoms with van der Waals surface area (Å²) in [5.74, 6) is 0.595. The molecule has 1 aliphatic rings. The minimum Gasteiger partial charge on any atom is -0.611 e. The molecule has 0 spiro atoms. The Bertz CT molecular complexity index is 693. The molecule has 0 aliphatic carbocycles. The molecule has 0 amide bonds. The van der Waals surface area contributed by atoms with Crippen LogP contribution in [-0.2, 0) is 16.9 Å². The minimum atomic E-state index is -0.980. The molecule has 1 atom stereocenters. The van der Waals surface area contributed by atoms with Crippen molar-refractivity contribution in [2.45, 2.75) is 17.1 Å². The van der Waals surface area contributed by atoms with Crippen LogP contribution in [0, 0.1) is 0 Å². The quantitative estimate of drug-likeness (QED) is 0.808. The molecule has 0 fully saturated rings. The van der Waals surface area contributed by atoms with Crippen molar-refractivity contribution in [1.82, 2.24) is 4.90 Å². The first-order chi connectivity index (χ1) is 10.7. The summed E-state index contributed by atoms with van der Waals surface area (Å²) in [6, 6.07) is 16.4. The Kier molecular flexibility index (Phi) is 4.67. The molecule has 0 aromatic heterocycles. The van der Waals surface area contributed by atoms with E-state index in [0.717, 1.165) is 23.4 Å². The third-order valence-corrected chi connectivity index (χ3v) is 5.36. The third-order valence-electron chi connectivity index (χ3n) is 3.94. The average molecular weight is 311 g/mol. The van der Waals surface area contributed by atoms with Gasteiger partial charge in [-0.05, 0) is 55.0 Å². The Morgan fingerprint density at radius 2 is 1.73 bits per heavy atom. The summed E-state index contributed by atoms with van der Waals surface area (Å²) in [6.07, 6.45) is 3.28. The highest BCUT2D eigenvalue weighted by Crippen LogP contribution is 2.36. The Hall–Kier alpha value is -1.55. The van der Waals surface area contributed by atoms with E-state index in [1.165, 1.54) is 16.7 Å². The lowest BCUT2D eigenvalue weighted by atomic mass is 9.93. The van der Waals surface area contributed by atoms with Gasteiger partial charge in [-0.3, -0.25) is 0 Å². The minimum absolute atomic E-state index is 0.595. The van der Waals surface area contributed by atoms with Gasteiger partial charge in [-0.15, -0.1) is 0 Å². The van der Waals surface area contributed by atoms with Crippen LogP contribution in [0.1, 0.15) is 23.1 Å². The fraction of sp³-hybridized carbons (Fsp3) is 0.263. The van der Waals surface area contributed by atoms with E-state index >= 15 is 0 Å². The normalized spacial score (nSPS) is 18.9. The van der Waals surface area contributed by atoms with Crippen LogP contribution in [-0.4, -0.2) is 30.1 Å². The van der Waals surface area contributed by atoms with Gasteiger partial charge in [0.2, 0.25) is 0 Å². The van der Waals surface area contributed by atoms with Crippen LogP contribution in [0.3, 0.4) is 0 Å². The largest absolute Gasteiger partial charge is 0.611 e. The van der Waals surface area contributed by atoms with Gasteiger partial charge >= 0.3 is 0 Å². The summed E-state index contributed by atoms with van der Waals surface area (Å²) in [5.41, 5.74) is 4.73. The van der Waals surface area contributed by atoms with Crippen molar-refractivity contribution in [3.8, 4) is 0 Å². The van der Waals surface area contributed by atoms with Crippen molar-refractivity contribution in [2.75, 3.05) is 20.6 Å². The zero-order valence-electron chi connectivity index (χ0n) is 13.1.